The average Bonchev–Trinajstić information content (AvgIpc) is 2.42. The summed E-state index contributed by atoms with van der Waals surface area (Å²) in [6.07, 6.45) is 2.87. The highest BCUT2D eigenvalue weighted by atomic mass is 16.3. The molecule has 21 heavy (non-hydrogen) atoms. The highest BCUT2D eigenvalue weighted by molar-refractivity contribution is 5.85. The van der Waals surface area contributed by atoms with Crippen molar-refractivity contribution in [3.63, 3.8) is 0 Å². The largest absolute Gasteiger partial charge is 0.508 e. The van der Waals surface area contributed by atoms with Gasteiger partial charge in [-0.25, -0.2) is 0 Å². The zero-order valence-electron chi connectivity index (χ0n) is 11.0. The first-order chi connectivity index (χ1) is 10.1. The van der Waals surface area contributed by atoms with Gasteiger partial charge in [-0.15, -0.1) is 0 Å². The number of hydrogen-bond donors (Lipinski definition) is 4. The van der Waals surface area contributed by atoms with E-state index in [1.54, 1.807) is 0 Å². The molecule has 0 radical (unpaired) electrons. The molecular weight excluding hydrogens is 272 g/mol. The van der Waals surface area contributed by atoms with Crippen molar-refractivity contribution in [3.05, 3.63) is 47.5 Å². The first kappa shape index (κ1) is 14.4. The van der Waals surface area contributed by atoms with Crippen LogP contribution in [-0.4, -0.2) is 39.5 Å². The van der Waals surface area contributed by atoms with Gasteiger partial charge in [0, 0.05) is 35.7 Å². The Hall–Kier alpha value is -3.02. The van der Waals surface area contributed by atoms with Crippen LogP contribution in [-0.2, 0) is 0 Å². The van der Waals surface area contributed by atoms with E-state index in [1.165, 1.54) is 48.8 Å². The Morgan fingerprint density at radius 2 is 1.14 bits per heavy atom. The Kier molecular flexibility index (Phi) is 4.40. The molecule has 0 aromatic heterocycles. The monoisotopic (exact) mass is 286 g/mol. The summed E-state index contributed by atoms with van der Waals surface area (Å²) in [5, 5.41) is 37.4. The third-order valence-electron chi connectivity index (χ3n) is 2.65. The number of benzene rings is 2. The average molecular weight is 286 g/mol. The number of phenolic OH excluding ortho intramolecular Hbond substituents is 4. The van der Waals surface area contributed by atoms with Crippen molar-refractivity contribution in [3.8, 4) is 23.0 Å². The first-order valence-corrected chi connectivity index (χ1v) is 6.10. The summed E-state index contributed by atoms with van der Waals surface area (Å²) in [6.45, 7) is 0.112. The summed E-state index contributed by atoms with van der Waals surface area (Å²) in [5.74, 6) is -0.186. The first-order valence-electron chi connectivity index (χ1n) is 6.10. The molecule has 2 rings (SSSR count). The van der Waals surface area contributed by atoms with Crippen LogP contribution in [0.2, 0.25) is 0 Å². The van der Waals surface area contributed by atoms with Gasteiger partial charge in [0.05, 0.1) is 0 Å². The fourth-order valence-electron chi connectivity index (χ4n) is 1.61. The van der Waals surface area contributed by atoms with Crippen LogP contribution in [0.15, 0.2) is 46.4 Å². The highest BCUT2D eigenvalue weighted by Crippen LogP contribution is 2.21. The van der Waals surface area contributed by atoms with Gasteiger partial charge >= 0.3 is 0 Å². The van der Waals surface area contributed by atoms with Crippen LogP contribution in [0.25, 0.3) is 0 Å². The predicted molar refractivity (Wildman–Crippen MR) is 79.6 cm³/mol. The summed E-state index contributed by atoms with van der Waals surface area (Å²) in [5.41, 5.74) is 0.936. The molecule has 4 N–H and O–H groups in total. The molecule has 0 saturated carbocycles. The lowest BCUT2D eigenvalue weighted by Crippen LogP contribution is -1.86. The van der Waals surface area contributed by atoms with E-state index in [4.69, 9.17) is 10.2 Å². The van der Waals surface area contributed by atoms with Crippen LogP contribution < -0.4 is 0 Å². The van der Waals surface area contributed by atoms with E-state index in [9.17, 15) is 10.2 Å². The van der Waals surface area contributed by atoms with Crippen molar-refractivity contribution in [2.24, 2.45) is 9.98 Å². The lowest BCUT2D eigenvalue weighted by molar-refractivity contribution is 0.449. The summed E-state index contributed by atoms with van der Waals surface area (Å²) in [7, 11) is 0. The molecule has 2 aromatic rings. The van der Waals surface area contributed by atoms with Crippen molar-refractivity contribution in [2.75, 3.05) is 6.67 Å². The third kappa shape index (κ3) is 3.97. The molecule has 0 heterocycles. The number of rotatable bonds is 4. The molecule has 0 unspecified atom stereocenters. The van der Waals surface area contributed by atoms with Gasteiger partial charge in [0.1, 0.15) is 29.7 Å². The Morgan fingerprint density at radius 1 is 0.714 bits per heavy atom. The van der Waals surface area contributed by atoms with Crippen molar-refractivity contribution in [1.82, 2.24) is 0 Å². The zero-order valence-corrected chi connectivity index (χ0v) is 11.0. The maximum absolute atomic E-state index is 9.54. The summed E-state index contributed by atoms with van der Waals surface area (Å²) < 4.78 is 0. The molecule has 0 spiro atoms. The Labute approximate surface area is 121 Å². The molecule has 108 valence electrons. The van der Waals surface area contributed by atoms with Gasteiger partial charge in [0.15, 0.2) is 0 Å². The minimum atomic E-state index is -0.0705. The van der Waals surface area contributed by atoms with E-state index in [2.05, 4.69) is 9.98 Å². The second-order valence-corrected chi connectivity index (χ2v) is 4.25. The van der Waals surface area contributed by atoms with E-state index in [0.29, 0.717) is 11.1 Å². The third-order valence-corrected chi connectivity index (χ3v) is 2.65. The maximum atomic E-state index is 9.54. The minimum Gasteiger partial charge on any atom is -0.508 e. The van der Waals surface area contributed by atoms with Crippen molar-refractivity contribution in [2.45, 2.75) is 0 Å². The van der Waals surface area contributed by atoms with Crippen LogP contribution in [0.4, 0.5) is 0 Å². The smallest absolute Gasteiger partial charge is 0.129 e. The summed E-state index contributed by atoms with van der Waals surface area (Å²) in [6, 6.07) is 8.39. The van der Waals surface area contributed by atoms with Gasteiger partial charge in [-0.05, 0) is 24.3 Å². The molecule has 6 nitrogen and oxygen atoms in total. The van der Waals surface area contributed by atoms with E-state index in [0.717, 1.165) is 0 Å². The van der Waals surface area contributed by atoms with Gasteiger partial charge in [-0.3, -0.25) is 9.98 Å². The number of phenols is 4. The van der Waals surface area contributed by atoms with Gasteiger partial charge in [-0.1, -0.05) is 0 Å². The van der Waals surface area contributed by atoms with Crippen LogP contribution >= 0.6 is 0 Å². The van der Waals surface area contributed by atoms with Crippen molar-refractivity contribution in [1.29, 1.82) is 0 Å². The second-order valence-electron chi connectivity index (χ2n) is 4.25. The molecule has 0 saturated heterocycles. The maximum Gasteiger partial charge on any atom is 0.129 e. The molecule has 6 heteroatoms. The van der Waals surface area contributed by atoms with E-state index >= 15 is 0 Å². The fourth-order valence-corrected chi connectivity index (χ4v) is 1.61. The van der Waals surface area contributed by atoms with Crippen LogP contribution in [0.5, 0.6) is 23.0 Å². The number of aromatic hydroxyl groups is 4. The van der Waals surface area contributed by atoms with Crippen LogP contribution in [0.1, 0.15) is 11.1 Å². The number of aliphatic imine (C=N–C) groups is 2. The summed E-state index contributed by atoms with van der Waals surface area (Å²) in [4.78, 5) is 8.00. The van der Waals surface area contributed by atoms with E-state index in [1.807, 2.05) is 0 Å². The lowest BCUT2D eigenvalue weighted by Gasteiger charge is -1.99. The highest BCUT2D eigenvalue weighted by Gasteiger charge is 1.99. The topological polar surface area (TPSA) is 106 Å². The number of hydrogen-bond acceptors (Lipinski definition) is 6. The molecule has 0 atom stereocenters. The number of nitrogens with zero attached hydrogens (tertiary/aromatic N) is 2. The molecular formula is C15H14N2O4. The van der Waals surface area contributed by atoms with Gasteiger partial charge in [0.2, 0.25) is 0 Å². The van der Waals surface area contributed by atoms with Crippen LogP contribution in [0, 0.1) is 0 Å². The van der Waals surface area contributed by atoms with Gasteiger partial charge < -0.3 is 20.4 Å². The van der Waals surface area contributed by atoms with Gasteiger partial charge in [-0.2, -0.15) is 0 Å². The van der Waals surface area contributed by atoms with Gasteiger partial charge in [0.25, 0.3) is 0 Å². The van der Waals surface area contributed by atoms with E-state index < -0.39 is 0 Å². The molecule has 0 amide bonds. The second kappa shape index (κ2) is 6.42. The molecule has 0 bridgehead atoms. The zero-order chi connectivity index (χ0) is 15.2. The van der Waals surface area contributed by atoms with Crippen molar-refractivity contribution < 1.29 is 20.4 Å². The van der Waals surface area contributed by atoms with Crippen molar-refractivity contribution >= 4 is 12.4 Å². The molecule has 0 aliphatic heterocycles. The molecule has 0 fully saturated rings. The lowest BCUT2D eigenvalue weighted by atomic mass is 10.2. The standard InChI is InChI=1S/C15H14N2O4/c18-12-3-1-10(14(20)5-12)7-16-9-17-8-11-2-4-13(19)6-15(11)21/h1-8,18-21H,9H2/b16-7+,17-8+. The normalized spacial score (nSPS) is 11.4. The molecule has 2 aromatic carbocycles. The summed E-state index contributed by atoms with van der Waals surface area (Å²) >= 11 is 0. The SMILES string of the molecule is Oc1ccc(/C=N/C/N=C/c2ccc(O)cc2O)c(O)c1. The molecule has 0 aliphatic carbocycles. The molecule has 0 aliphatic rings. The predicted octanol–water partition coefficient (Wildman–Crippen LogP) is 2.00. The Morgan fingerprint density at radius 3 is 1.52 bits per heavy atom. The Balaban J connectivity index is 1.97. The Bertz CT molecular complexity index is 637. The van der Waals surface area contributed by atoms with E-state index in [-0.39, 0.29) is 29.7 Å². The quantitative estimate of drug-likeness (QED) is 0.645. The minimum absolute atomic E-state index is 0.0227. The fraction of sp³-hybridized carbons (Fsp3) is 0.0667. The van der Waals surface area contributed by atoms with Crippen LogP contribution in [0.3, 0.4) is 0 Å².